The monoisotopic (exact) mass is 1190 g/mol. The van der Waals surface area contributed by atoms with Gasteiger partial charge in [-0.05, 0) is 110 Å². The average Bonchev–Trinajstić information content (AvgIpc) is 3.35. The van der Waals surface area contributed by atoms with E-state index in [4.69, 9.17) is 39.4 Å². The number of hydrogen-bond donors (Lipinski definition) is 12. The molecule has 5 aliphatic carbocycles. The van der Waals surface area contributed by atoms with Crippen molar-refractivity contribution in [3.8, 4) is 0 Å². The van der Waals surface area contributed by atoms with Gasteiger partial charge >= 0.3 is 35.8 Å². The summed E-state index contributed by atoms with van der Waals surface area (Å²) in [4.78, 5) is 88.6. The van der Waals surface area contributed by atoms with Gasteiger partial charge in [-0.15, -0.1) is 0 Å². The summed E-state index contributed by atoms with van der Waals surface area (Å²) in [7, 11) is 0. The number of aliphatic hydroxyl groups is 5. The van der Waals surface area contributed by atoms with E-state index in [1.165, 1.54) is 0 Å². The van der Waals surface area contributed by atoms with Crippen LogP contribution in [0.1, 0.15) is 160 Å². The summed E-state index contributed by atoms with van der Waals surface area (Å²) in [5, 5.41) is 116. The van der Waals surface area contributed by atoms with E-state index in [1.807, 2.05) is 26.8 Å². The van der Waals surface area contributed by atoms with Crippen LogP contribution < -0.4 is 11.3 Å². The molecule has 82 heavy (non-hydrogen) atoms. The van der Waals surface area contributed by atoms with Crippen LogP contribution in [0.3, 0.4) is 0 Å². The highest BCUT2D eigenvalue weighted by atomic mass is 16.8. The minimum Gasteiger partial charge on any atom is -0.547 e. The Kier molecular flexibility index (Phi) is 29.8. The number of quaternary nitrogens is 1. The molecule has 478 valence electrons. The lowest BCUT2D eigenvalue weighted by Gasteiger charge is -2.70. The highest BCUT2D eigenvalue weighted by molar-refractivity contribution is 5.95. The van der Waals surface area contributed by atoms with Crippen molar-refractivity contribution >= 4 is 47.6 Å². The summed E-state index contributed by atoms with van der Waals surface area (Å²) in [6, 6.07) is 0. The standard InChI is InChI=1S/C42H62O16.4C3H6O2.H3N.3H2O/c1-37(2)21-8-11-42(7)31(20(43)16-18-19-17-39(4,36(53)54)13-12-38(19,3)14-15-41(18,42)6)40(21,5)10-9-22(37)55-35-30(26(47)25(46)29(57-35)33(51)52)58-34-27(48)23(44)24(45)28(56-34)32(49)50;4*1-2-3(4)5;;;;/h16,19,21-31,34-35,44-48H,8-15,17H2,1-7H3,(H,49,50)(H,51,52)(H,53,54);4*2H2,1H3,(H,4,5);1H3;3*1H2/t19-,21-,22-,23-,24-,25-,26-,27+,28-,29-,30+,31+,34-,35+,38+,39-,40-,41+,42+;;;;;;;;/m0......../s1. The van der Waals surface area contributed by atoms with Gasteiger partial charge in [0.05, 0.1) is 17.5 Å². The normalized spacial score (nSPS) is 39.0. The summed E-state index contributed by atoms with van der Waals surface area (Å²) in [6.45, 7) is 21.2. The summed E-state index contributed by atoms with van der Waals surface area (Å²) in [5.41, 5.74) is -1.86. The quantitative estimate of drug-likeness (QED) is 0.127. The number of allylic oxidation sites excluding steroid dienone is 2. The van der Waals surface area contributed by atoms with Crippen LogP contribution >= 0.6 is 0 Å². The van der Waals surface area contributed by atoms with E-state index >= 15 is 0 Å². The van der Waals surface area contributed by atoms with Gasteiger partial charge in [-0.2, -0.15) is 0 Å². The lowest BCUT2D eigenvalue weighted by atomic mass is 9.33. The van der Waals surface area contributed by atoms with Crippen molar-refractivity contribution in [3.63, 3.8) is 0 Å². The van der Waals surface area contributed by atoms with Crippen LogP contribution in [0.5, 0.6) is 0 Å². The first-order valence-electron chi connectivity index (χ1n) is 26.7. The molecule has 0 bridgehead atoms. The molecule has 7 aliphatic rings. The maximum Gasteiger partial charge on any atom is 0.335 e. The van der Waals surface area contributed by atoms with Gasteiger partial charge in [-0.1, -0.05) is 74.8 Å². The number of aliphatic hydroxyl groups excluding tert-OH is 5. The van der Waals surface area contributed by atoms with Gasteiger partial charge in [0.15, 0.2) is 24.5 Å². The van der Waals surface area contributed by atoms with Crippen molar-refractivity contribution < 1.29 is 135 Å². The Morgan fingerprint density at radius 1 is 0.598 bits per heavy atom. The van der Waals surface area contributed by atoms with Gasteiger partial charge in [0.2, 0.25) is 0 Å². The number of ether oxygens (including phenoxy) is 4. The number of carbonyl (C=O) groups is 8. The van der Waals surface area contributed by atoms with E-state index in [-0.39, 0.29) is 82.6 Å². The Balaban J connectivity index is 0. The fourth-order valence-electron chi connectivity index (χ4n) is 13.4. The zero-order valence-corrected chi connectivity index (χ0v) is 49.1. The van der Waals surface area contributed by atoms with E-state index in [9.17, 15) is 79.2 Å². The molecule has 0 unspecified atom stereocenters. The third-order valence-electron chi connectivity index (χ3n) is 18.4. The highest BCUT2D eigenvalue weighted by Crippen LogP contribution is 2.75. The molecule has 7 rings (SSSR count). The third-order valence-corrected chi connectivity index (χ3v) is 18.4. The van der Waals surface area contributed by atoms with E-state index in [0.717, 1.165) is 24.8 Å². The Morgan fingerprint density at radius 2 is 1.05 bits per heavy atom. The largest absolute Gasteiger partial charge is 0.547 e. The second-order valence-corrected chi connectivity index (χ2v) is 23.6. The molecule has 0 spiro atoms. The zero-order valence-electron chi connectivity index (χ0n) is 49.1. The number of aliphatic carboxylic acids is 7. The smallest absolute Gasteiger partial charge is 0.335 e. The van der Waals surface area contributed by atoms with E-state index in [0.29, 0.717) is 38.5 Å². The fourth-order valence-corrected chi connectivity index (χ4v) is 13.4. The van der Waals surface area contributed by atoms with Gasteiger partial charge in [0.1, 0.15) is 42.7 Å². The molecule has 0 aromatic rings. The highest BCUT2D eigenvalue weighted by Gasteiger charge is 2.71. The van der Waals surface area contributed by atoms with Crippen LogP contribution in [0.4, 0.5) is 0 Å². The zero-order chi connectivity index (χ0) is 60.0. The van der Waals surface area contributed by atoms with Gasteiger partial charge in [0.25, 0.3) is 0 Å². The van der Waals surface area contributed by atoms with Crippen LogP contribution in [-0.4, -0.2) is 188 Å². The maximum absolute atomic E-state index is 14.8. The molecule has 2 saturated heterocycles. The third kappa shape index (κ3) is 16.3. The molecule has 4 saturated carbocycles. The Bertz CT molecular complexity index is 2170. The van der Waals surface area contributed by atoms with Gasteiger partial charge in [-0.25, -0.2) is 4.79 Å². The first kappa shape index (κ1) is 79.2. The first-order chi connectivity index (χ1) is 35.8. The molecule has 0 radical (unpaired) electrons. The molecule has 21 N–H and O–H groups in total. The summed E-state index contributed by atoms with van der Waals surface area (Å²) in [6.07, 6.45) is -11.8. The van der Waals surface area contributed by atoms with Crippen molar-refractivity contribution in [1.29, 1.82) is 0 Å². The number of fused-ring (bicyclic) bond motifs is 7. The Hall–Kier alpha value is -4.82. The Labute approximate surface area is 476 Å². The fraction of sp³-hybridized carbons (Fsp3) is 0.815. The molecular weight excluding hydrogens is 1090 g/mol. The van der Waals surface area contributed by atoms with E-state index in [1.54, 1.807) is 27.7 Å². The summed E-state index contributed by atoms with van der Waals surface area (Å²) in [5.74, 6) is -7.74. The van der Waals surface area contributed by atoms with Gasteiger partial charge in [-0.3, -0.25) is 28.8 Å². The summed E-state index contributed by atoms with van der Waals surface area (Å²) >= 11 is 0. The molecule has 19 atom stereocenters. The van der Waals surface area contributed by atoms with Gasteiger partial charge < -0.3 is 108 Å². The minimum absolute atomic E-state index is 0. The van der Waals surface area contributed by atoms with Crippen LogP contribution in [-0.2, 0) is 57.3 Å². The first-order valence-corrected chi connectivity index (χ1v) is 26.7. The number of hydrogen-bond acceptors (Lipinski definition) is 18. The molecule has 6 fully saturated rings. The van der Waals surface area contributed by atoms with Crippen LogP contribution in [0.2, 0.25) is 0 Å². The summed E-state index contributed by atoms with van der Waals surface area (Å²) < 4.78 is 23.3. The number of rotatable bonds is 11. The molecule has 0 aromatic carbocycles. The van der Waals surface area contributed by atoms with Crippen LogP contribution in [0.15, 0.2) is 11.6 Å². The van der Waals surface area contributed by atoms with Gasteiger partial charge in [0, 0.05) is 31.6 Å². The van der Waals surface area contributed by atoms with Crippen molar-refractivity contribution in [3.05, 3.63) is 11.6 Å². The number of carboxylic acids is 7. The van der Waals surface area contributed by atoms with Crippen LogP contribution in [0.25, 0.3) is 0 Å². The van der Waals surface area contributed by atoms with Crippen molar-refractivity contribution in [2.45, 2.75) is 227 Å². The molecule has 28 heteroatoms. The Morgan fingerprint density at radius 3 is 1.49 bits per heavy atom. The second kappa shape index (κ2) is 30.8. The van der Waals surface area contributed by atoms with Crippen molar-refractivity contribution in [2.75, 3.05) is 0 Å². The van der Waals surface area contributed by atoms with E-state index < -0.39 is 131 Å². The SMILES string of the molecule is CC1(C)[C@@H](O[C@@H]2O[C@H](C(=O)[O-])[C@@H](O)[C@H](O)[C@H]2O[C@@H]2O[C@H](C(=O)O)[C@@H](O)[C@H](O)[C@H]2O)CC[C@]2(C)[C@H]3C(=O)C=C4[C@@H]5C[C@@](C)(C(=O)O)CC[C@]5(C)CC[C@@]4(C)[C@]3(C)CC[C@@H]12.CCC(=O)O.CCC(=O)O.CCC(=O)O.CCC(=O)O.O.O.O.[NH4+]. The maximum atomic E-state index is 14.8. The molecule has 0 aromatic heterocycles. The topological polar surface area (TPSA) is 550 Å². The van der Waals surface area contributed by atoms with Crippen molar-refractivity contribution in [1.82, 2.24) is 6.15 Å². The van der Waals surface area contributed by atoms with Crippen LogP contribution in [0, 0.1) is 50.2 Å². The van der Waals surface area contributed by atoms with Crippen molar-refractivity contribution in [2.24, 2.45) is 50.2 Å². The number of carbonyl (C=O) groups excluding carboxylic acids is 2. The van der Waals surface area contributed by atoms with E-state index in [2.05, 4.69) is 27.7 Å². The average molecular weight is 1190 g/mol. The predicted octanol–water partition coefficient (Wildman–Crippen LogP) is 0.737. The molecule has 28 nitrogen and oxygen atoms in total. The molecule has 0 amide bonds. The minimum atomic E-state index is -2.11. The lowest BCUT2D eigenvalue weighted by molar-refractivity contribution is -0.385. The second-order valence-electron chi connectivity index (χ2n) is 23.6. The molecule has 2 heterocycles. The lowest BCUT2D eigenvalue weighted by Crippen LogP contribution is -2.68. The molecule has 2 aliphatic heterocycles. The number of carboxylic acid groups (broad SMARTS) is 7. The predicted molar refractivity (Wildman–Crippen MR) is 285 cm³/mol. The number of ketones is 1. The molecular formula is C54H95NO27.